The number of anilines is 1. The second-order valence-electron chi connectivity index (χ2n) is 11.4. The predicted molar refractivity (Wildman–Crippen MR) is 174 cm³/mol. The number of urea groups is 1. The first-order valence-corrected chi connectivity index (χ1v) is 16.2. The predicted octanol–water partition coefficient (Wildman–Crippen LogP) is 3.63. The maximum absolute atomic E-state index is 14.9. The van der Waals surface area contributed by atoms with Gasteiger partial charge in [0.2, 0.25) is 0 Å². The van der Waals surface area contributed by atoms with Gasteiger partial charge >= 0.3 is 23.9 Å². The summed E-state index contributed by atoms with van der Waals surface area (Å²) in [5, 5.41) is 14.6. The number of benzene rings is 2. The zero-order chi connectivity index (χ0) is 35.0. The third-order valence-electron chi connectivity index (χ3n) is 8.40. The number of hydrogen-bond donors (Lipinski definition) is 2. The number of rotatable bonds is 9. The molecule has 0 spiro atoms. The summed E-state index contributed by atoms with van der Waals surface area (Å²) >= 11 is 7.70. The van der Waals surface area contributed by atoms with Crippen molar-refractivity contribution in [2.24, 2.45) is 4.99 Å². The standard InChI is InChI=1S/C32H29ClF2N6O7S/c1-47-25(42)11-18-15-49-29(36-18)28-37-23(26(31(45)48-2)27(38-28)20-5-4-17(34)10-21(20)33)14-39-7-8-40-19(12-39)13-41(32(40)46)24-6-3-16(30(43)44)9-22(24)35/h3-6,9-10,15,19,27H,7-8,11-14H2,1-2H3,(H,37,38)(H,43,44)/t19-,27-/m0/s1. The third kappa shape index (κ3) is 6.84. The van der Waals surface area contributed by atoms with E-state index in [-0.39, 0.29) is 53.2 Å². The quantitative estimate of drug-likeness (QED) is 0.314. The fourth-order valence-corrected chi connectivity index (χ4v) is 7.08. The number of nitrogens with one attached hydrogen (secondary N) is 1. The van der Waals surface area contributed by atoms with Crippen molar-refractivity contribution in [1.82, 2.24) is 20.1 Å². The van der Waals surface area contributed by atoms with E-state index in [0.29, 0.717) is 41.6 Å². The lowest BCUT2D eigenvalue weighted by Gasteiger charge is -2.38. The van der Waals surface area contributed by atoms with Crippen LogP contribution in [0.5, 0.6) is 0 Å². The van der Waals surface area contributed by atoms with Crippen molar-refractivity contribution in [3.8, 4) is 0 Å². The van der Waals surface area contributed by atoms with Gasteiger partial charge in [-0.3, -0.25) is 19.6 Å². The van der Waals surface area contributed by atoms with Gasteiger partial charge in [-0.25, -0.2) is 28.1 Å². The highest BCUT2D eigenvalue weighted by Crippen LogP contribution is 2.37. The first-order chi connectivity index (χ1) is 23.5. The molecule has 256 valence electrons. The highest BCUT2D eigenvalue weighted by atomic mass is 35.5. The van der Waals surface area contributed by atoms with E-state index in [0.717, 1.165) is 12.1 Å². The van der Waals surface area contributed by atoms with Crippen LogP contribution < -0.4 is 10.2 Å². The molecular formula is C32H29ClF2N6O7S. The number of carbonyl (C=O) groups excluding carboxylic acids is 3. The van der Waals surface area contributed by atoms with Crippen LogP contribution in [-0.4, -0.2) is 103 Å². The number of aliphatic imine (C=N–C) groups is 1. The number of carboxylic acids is 1. The molecule has 0 unspecified atom stereocenters. The first-order valence-electron chi connectivity index (χ1n) is 14.9. The van der Waals surface area contributed by atoms with E-state index in [4.69, 9.17) is 26.1 Å². The minimum atomic E-state index is -1.28. The SMILES string of the molecule is COC(=O)Cc1csc(C2=N[C@@H](c3ccc(F)cc3Cl)C(C(=O)OC)=C(CN3CCN4C(=O)N(c5ccc(C(=O)O)cc5F)C[C@@H]4C3)N2)n1. The minimum absolute atomic E-state index is 0.0181. The van der Waals surface area contributed by atoms with Crippen molar-refractivity contribution in [1.29, 1.82) is 0 Å². The summed E-state index contributed by atoms with van der Waals surface area (Å²) in [6.07, 6.45) is -0.0569. The molecule has 0 bridgehead atoms. The van der Waals surface area contributed by atoms with Crippen molar-refractivity contribution in [3.05, 3.63) is 91.5 Å². The summed E-state index contributed by atoms with van der Waals surface area (Å²) in [5.74, 6) is -3.55. The number of ether oxygens (including phenoxy) is 2. The Morgan fingerprint density at radius 1 is 1.10 bits per heavy atom. The molecule has 0 radical (unpaired) electrons. The first kappa shape index (κ1) is 34.0. The molecule has 2 fully saturated rings. The summed E-state index contributed by atoms with van der Waals surface area (Å²) in [6, 6.07) is 5.44. The Labute approximate surface area is 287 Å². The molecule has 2 aromatic carbocycles. The van der Waals surface area contributed by atoms with Gasteiger partial charge in [0.25, 0.3) is 0 Å². The van der Waals surface area contributed by atoms with Crippen molar-refractivity contribution >= 4 is 58.4 Å². The number of carbonyl (C=O) groups is 4. The number of esters is 2. The van der Waals surface area contributed by atoms with Crippen LogP contribution >= 0.6 is 22.9 Å². The number of carboxylic acid groups (broad SMARTS) is 1. The van der Waals surface area contributed by atoms with Crippen LogP contribution in [0.25, 0.3) is 0 Å². The van der Waals surface area contributed by atoms with Crippen LogP contribution in [-0.2, 0) is 25.5 Å². The smallest absolute Gasteiger partial charge is 0.338 e. The average molecular weight is 715 g/mol. The summed E-state index contributed by atoms with van der Waals surface area (Å²) in [4.78, 5) is 64.1. The lowest BCUT2D eigenvalue weighted by Crippen LogP contribution is -2.53. The number of methoxy groups -OCH3 is 2. The third-order valence-corrected chi connectivity index (χ3v) is 9.62. The number of nitrogens with zero attached hydrogens (tertiary/aromatic N) is 5. The lowest BCUT2D eigenvalue weighted by molar-refractivity contribution is -0.140. The van der Waals surface area contributed by atoms with Crippen LogP contribution in [0.3, 0.4) is 0 Å². The number of amidine groups is 1. The van der Waals surface area contributed by atoms with Gasteiger partial charge in [-0.15, -0.1) is 11.3 Å². The van der Waals surface area contributed by atoms with Crippen LogP contribution in [0.4, 0.5) is 19.3 Å². The number of thiazole rings is 1. The molecule has 2 N–H and O–H groups in total. The number of aromatic carboxylic acids is 1. The van der Waals surface area contributed by atoms with Gasteiger partial charge in [-0.1, -0.05) is 17.7 Å². The zero-order valence-corrected chi connectivity index (χ0v) is 27.7. The molecule has 2 atom stereocenters. The number of aromatic nitrogens is 1. The van der Waals surface area contributed by atoms with Gasteiger partial charge < -0.3 is 24.8 Å². The Morgan fingerprint density at radius 2 is 1.90 bits per heavy atom. The van der Waals surface area contributed by atoms with E-state index >= 15 is 0 Å². The van der Waals surface area contributed by atoms with Crippen LogP contribution in [0.15, 0.2) is 58.0 Å². The van der Waals surface area contributed by atoms with Crippen molar-refractivity contribution < 1.29 is 42.5 Å². The molecular weight excluding hydrogens is 686 g/mol. The molecule has 49 heavy (non-hydrogen) atoms. The molecule has 13 nitrogen and oxygen atoms in total. The summed E-state index contributed by atoms with van der Waals surface area (Å²) in [6.45, 7) is 1.36. The van der Waals surface area contributed by atoms with Crippen molar-refractivity contribution in [3.63, 3.8) is 0 Å². The number of fused-ring (bicyclic) bond motifs is 1. The van der Waals surface area contributed by atoms with Gasteiger partial charge in [0.15, 0.2) is 10.8 Å². The largest absolute Gasteiger partial charge is 0.478 e. The molecule has 3 aliphatic heterocycles. The number of piperazine rings is 1. The maximum Gasteiger partial charge on any atom is 0.338 e. The highest BCUT2D eigenvalue weighted by molar-refractivity contribution is 7.11. The van der Waals surface area contributed by atoms with Gasteiger partial charge in [0.05, 0.1) is 49.2 Å². The van der Waals surface area contributed by atoms with E-state index in [9.17, 15) is 33.1 Å². The normalized spacial score (nSPS) is 19.4. The molecule has 3 aliphatic rings. The summed E-state index contributed by atoms with van der Waals surface area (Å²) in [5.41, 5.74) is 1.11. The van der Waals surface area contributed by atoms with E-state index in [1.807, 2.05) is 4.90 Å². The average Bonchev–Trinajstić information content (AvgIpc) is 3.67. The van der Waals surface area contributed by atoms with E-state index in [2.05, 4.69) is 10.3 Å². The Kier molecular flexibility index (Phi) is 9.63. The molecule has 2 amide bonds. The molecule has 0 aliphatic carbocycles. The number of hydrogen-bond acceptors (Lipinski definition) is 11. The maximum atomic E-state index is 14.9. The van der Waals surface area contributed by atoms with Crippen molar-refractivity contribution in [2.45, 2.75) is 18.5 Å². The van der Waals surface area contributed by atoms with E-state index in [1.165, 1.54) is 54.7 Å². The Balaban J connectivity index is 1.30. The van der Waals surface area contributed by atoms with E-state index < -0.39 is 41.6 Å². The van der Waals surface area contributed by atoms with Crippen molar-refractivity contribution in [2.75, 3.05) is 51.8 Å². The minimum Gasteiger partial charge on any atom is -0.478 e. The van der Waals surface area contributed by atoms with Crippen LogP contribution in [0, 0.1) is 11.6 Å². The second-order valence-corrected chi connectivity index (χ2v) is 12.7. The molecule has 3 aromatic rings. The monoisotopic (exact) mass is 714 g/mol. The van der Waals surface area contributed by atoms with Gasteiger partial charge in [0, 0.05) is 54.4 Å². The van der Waals surface area contributed by atoms with Crippen LogP contribution in [0.2, 0.25) is 5.02 Å². The molecule has 4 heterocycles. The zero-order valence-electron chi connectivity index (χ0n) is 26.1. The van der Waals surface area contributed by atoms with Gasteiger partial charge in [0.1, 0.15) is 17.7 Å². The number of halogens is 3. The van der Waals surface area contributed by atoms with Gasteiger partial charge in [-0.05, 0) is 30.3 Å². The fourth-order valence-electron chi connectivity index (χ4n) is 6.04. The highest BCUT2D eigenvalue weighted by Gasteiger charge is 2.43. The molecule has 17 heteroatoms. The number of amides is 2. The lowest BCUT2D eigenvalue weighted by atomic mass is 9.95. The van der Waals surface area contributed by atoms with Crippen LogP contribution in [0.1, 0.15) is 32.7 Å². The Hall–Kier alpha value is -4.93. The molecule has 0 saturated carbocycles. The molecule has 6 rings (SSSR count). The topological polar surface area (TPSA) is 154 Å². The molecule has 2 saturated heterocycles. The Bertz CT molecular complexity index is 1920. The van der Waals surface area contributed by atoms with Gasteiger partial charge in [-0.2, -0.15) is 0 Å². The summed E-state index contributed by atoms with van der Waals surface area (Å²) in [7, 11) is 2.51. The summed E-state index contributed by atoms with van der Waals surface area (Å²) < 4.78 is 38.9. The Morgan fingerprint density at radius 3 is 2.59 bits per heavy atom. The second kappa shape index (κ2) is 13.9. The fraction of sp³-hybridized carbons (Fsp3) is 0.312. The van der Waals surface area contributed by atoms with E-state index in [1.54, 1.807) is 10.3 Å². The molecule has 1 aromatic heterocycles.